The third kappa shape index (κ3) is 4.58. The topological polar surface area (TPSA) is 65.0 Å². The van der Waals surface area contributed by atoms with Crippen molar-refractivity contribution in [1.82, 2.24) is 0 Å². The molecular formula is C22H20O5. The zero-order chi connectivity index (χ0) is 19.1. The van der Waals surface area contributed by atoms with E-state index in [4.69, 9.17) is 14.2 Å². The summed E-state index contributed by atoms with van der Waals surface area (Å²) in [6, 6.07) is 22.3. The molecule has 0 aliphatic rings. The molecule has 3 aromatic rings. The van der Waals surface area contributed by atoms with Crippen molar-refractivity contribution in [2.75, 3.05) is 20.3 Å². The van der Waals surface area contributed by atoms with Crippen LogP contribution in [0, 0.1) is 0 Å². The van der Waals surface area contributed by atoms with Crippen LogP contribution in [0.1, 0.15) is 10.4 Å². The molecule has 27 heavy (non-hydrogen) atoms. The highest BCUT2D eigenvalue weighted by atomic mass is 16.5. The lowest BCUT2D eigenvalue weighted by atomic mass is 10.1. The highest BCUT2D eigenvalue weighted by Gasteiger charge is 2.13. The fourth-order valence-electron chi connectivity index (χ4n) is 2.68. The van der Waals surface area contributed by atoms with Gasteiger partial charge in [0.2, 0.25) is 0 Å². The number of carboxylic acids is 1. The molecule has 0 atom stereocenters. The van der Waals surface area contributed by atoms with Crippen molar-refractivity contribution in [2.24, 2.45) is 0 Å². The monoisotopic (exact) mass is 364 g/mol. The lowest BCUT2D eigenvalue weighted by molar-refractivity contribution is 0.0691. The van der Waals surface area contributed by atoms with Crippen molar-refractivity contribution in [3.8, 4) is 28.4 Å². The van der Waals surface area contributed by atoms with Crippen LogP contribution in [0.3, 0.4) is 0 Å². The Balaban J connectivity index is 1.66. The van der Waals surface area contributed by atoms with Crippen LogP contribution in [0.15, 0.2) is 72.8 Å². The highest BCUT2D eigenvalue weighted by molar-refractivity contribution is 5.91. The van der Waals surface area contributed by atoms with Gasteiger partial charge in [-0.3, -0.25) is 0 Å². The van der Waals surface area contributed by atoms with E-state index in [1.807, 2.05) is 54.6 Å². The molecule has 0 unspecified atom stereocenters. The first-order valence-electron chi connectivity index (χ1n) is 8.50. The minimum atomic E-state index is -1.05. The summed E-state index contributed by atoms with van der Waals surface area (Å²) in [4.78, 5) is 11.3. The van der Waals surface area contributed by atoms with Crippen LogP contribution in [0.25, 0.3) is 11.1 Å². The molecule has 0 saturated carbocycles. The van der Waals surface area contributed by atoms with Crippen LogP contribution >= 0.6 is 0 Å². The zero-order valence-electron chi connectivity index (χ0n) is 14.9. The van der Waals surface area contributed by atoms with Crippen molar-refractivity contribution >= 4 is 5.97 Å². The number of carbonyl (C=O) groups is 1. The van der Waals surface area contributed by atoms with E-state index in [9.17, 15) is 9.90 Å². The molecule has 0 saturated heterocycles. The van der Waals surface area contributed by atoms with Crippen molar-refractivity contribution in [3.05, 3.63) is 78.4 Å². The van der Waals surface area contributed by atoms with Crippen LogP contribution in [-0.4, -0.2) is 31.4 Å². The molecule has 0 aliphatic heterocycles. The van der Waals surface area contributed by atoms with Gasteiger partial charge in [0.25, 0.3) is 0 Å². The molecule has 0 bridgehead atoms. The second kappa shape index (κ2) is 8.76. The number of methoxy groups -OCH3 is 1. The van der Waals surface area contributed by atoms with Crippen molar-refractivity contribution in [2.45, 2.75) is 0 Å². The highest BCUT2D eigenvalue weighted by Crippen LogP contribution is 2.29. The van der Waals surface area contributed by atoms with Gasteiger partial charge in [-0.25, -0.2) is 4.79 Å². The Kier molecular flexibility index (Phi) is 5.94. The van der Waals surface area contributed by atoms with Gasteiger partial charge < -0.3 is 19.3 Å². The number of carboxylic acid groups (broad SMARTS) is 1. The summed E-state index contributed by atoms with van der Waals surface area (Å²) in [6.45, 7) is 0.483. The largest absolute Gasteiger partial charge is 0.497 e. The number of aromatic carboxylic acids is 1. The minimum absolute atomic E-state index is 0.0838. The summed E-state index contributed by atoms with van der Waals surface area (Å²) >= 11 is 0. The van der Waals surface area contributed by atoms with E-state index in [0.29, 0.717) is 5.75 Å². The first-order chi connectivity index (χ1) is 13.2. The maximum absolute atomic E-state index is 11.3. The number of hydrogen-bond acceptors (Lipinski definition) is 4. The number of benzene rings is 3. The fourth-order valence-corrected chi connectivity index (χ4v) is 2.68. The van der Waals surface area contributed by atoms with Crippen LogP contribution < -0.4 is 14.2 Å². The van der Waals surface area contributed by atoms with E-state index in [1.54, 1.807) is 12.1 Å². The van der Waals surface area contributed by atoms with E-state index in [1.165, 1.54) is 13.2 Å². The van der Waals surface area contributed by atoms with Gasteiger partial charge in [-0.1, -0.05) is 48.5 Å². The summed E-state index contributed by atoms with van der Waals surface area (Å²) < 4.78 is 16.6. The van der Waals surface area contributed by atoms with Crippen molar-refractivity contribution < 1.29 is 24.1 Å². The van der Waals surface area contributed by atoms with Gasteiger partial charge in [-0.2, -0.15) is 0 Å². The maximum atomic E-state index is 11.3. The van der Waals surface area contributed by atoms with E-state index in [2.05, 4.69) is 0 Å². The van der Waals surface area contributed by atoms with Crippen molar-refractivity contribution in [1.29, 1.82) is 0 Å². The van der Waals surface area contributed by atoms with Gasteiger partial charge >= 0.3 is 5.97 Å². The Labute approximate surface area is 157 Å². The Morgan fingerprint density at radius 3 is 2.22 bits per heavy atom. The smallest absolute Gasteiger partial charge is 0.339 e. The van der Waals surface area contributed by atoms with E-state index < -0.39 is 5.97 Å². The molecule has 0 aliphatic carbocycles. The molecule has 0 spiro atoms. The minimum Gasteiger partial charge on any atom is -0.497 e. The third-order valence-electron chi connectivity index (χ3n) is 3.99. The Hall–Kier alpha value is -3.47. The molecule has 5 nitrogen and oxygen atoms in total. The summed E-state index contributed by atoms with van der Waals surface area (Å²) in [6.07, 6.45) is 0. The van der Waals surface area contributed by atoms with E-state index >= 15 is 0 Å². The quantitative estimate of drug-likeness (QED) is 0.596. The fraction of sp³-hybridized carbons (Fsp3) is 0.136. The van der Waals surface area contributed by atoms with Crippen LogP contribution in [-0.2, 0) is 0 Å². The first kappa shape index (κ1) is 18.3. The van der Waals surface area contributed by atoms with Gasteiger partial charge in [0.15, 0.2) is 0 Å². The van der Waals surface area contributed by atoms with E-state index in [-0.39, 0.29) is 24.5 Å². The maximum Gasteiger partial charge on any atom is 0.339 e. The molecule has 0 amide bonds. The molecule has 0 radical (unpaired) electrons. The molecule has 0 aromatic heterocycles. The first-order valence-corrected chi connectivity index (χ1v) is 8.50. The lowest BCUT2D eigenvalue weighted by Crippen LogP contribution is -2.11. The molecule has 5 heteroatoms. The predicted molar refractivity (Wildman–Crippen MR) is 103 cm³/mol. The Morgan fingerprint density at radius 1 is 0.852 bits per heavy atom. The van der Waals surface area contributed by atoms with Gasteiger partial charge in [0.1, 0.15) is 36.0 Å². The SMILES string of the molecule is COc1ccc(C(=O)O)c(OCCOc2ccccc2-c2ccccc2)c1. The normalized spacial score (nSPS) is 10.3. The van der Waals surface area contributed by atoms with E-state index in [0.717, 1.165) is 16.9 Å². The third-order valence-corrected chi connectivity index (χ3v) is 3.99. The molecule has 1 N–H and O–H groups in total. The van der Waals surface area contributed by atoms with Crippen LogP contribution in [0.4, 0.5) is 0 Å². The van der Waals surface area contributed by atoms with Gasteiger partial charge in [0, 0.05) is 11.6 Å². The number of hydrogen-bond donors (Lipinski definition) is 1. The molecule has 3 aromatic carbocycles. The number of rotatable bonds is 8. The van der Waals surface area contributed by atoms with Crippen LogP contribution in [0.5, 0.6) is 17.2 Å². The molecule has 138 valence electrons. The average molecular weight is 364 g/mol. The zero-order valence-corrected chi connectivity index (χ0v) is 14.9. The molecule has 0 fully saturated rings. The lowest BCUT2D eigenvalue weighted by Gasteiger charge is -2.13. The summed E-state index contributed by atoms with van der Waals surface area (Å²) in [5.74, 6) is 0.478. The second-order valence-electron chi connectivity index (χ2n) is 5.73. The predicted octanol–water partition coefficient (Wildman–Crippen LogP) is 4.52. The van der Waals surface area contributed by atoms with Gasteiger partial charge in [-0.05, 0) is 23.8 Å². The summed E-state index contributed by atoms with van der Waals surface area (Å²) in [5.41, 5.74) is 2.14. The van der Waals surface area contributed by atoms with Gasteiger partial charge in [-0.15, -0.1) is 0 Å². The Morgan fingerprint density at radius 2 is 1.52 bits per heavy atom. The summed E-state index contributed by atoms with van der Waals surface area (Å²) in [7, 11) is 1.52. The van der Waals surface area contributed by atoms with Crippen molar-refractivity contribution in [3.63, 3.8) is 0 Å². The Bertz CT molecular complexity index is 906. The molecule has 0 heterocycles. The average Bonchev–Trinajstić information content (AvgIpc) is 2.72. The van der Waals surface area contributed by atoms with Gasteiger partial charge in [0.05, 0.1) is 7.11 Å². The van der Waals surface area contributed by atoms with Crippen LogP contribution in [0.2, 0.25) is 0 Å². The second-order valence-corrected chi connectivity index (χ2v) is 5.73. The standard InChI is InChI=1S/C22H20O5/c1-25-17-11-12-19(22(23)24)21(15-17)27-14-13-26-20-10-6-5-9-18(20)16-7-3-2-4-8-16/h2-12,15H,13-14H2,1H3,(H,23,24). The number of ether oxygens (including phenoxy) is 3. The molecular weight excluding hydrogens is 344 g/mol. The summed E-state index contributed by atoms with van der Waals surface area (Å²) in [5, 5.41) is 9.27. The molecule has 3 rings (SSSR count). The number of para-hydroxylation sites is 1.